The number of hydrogen-bond acceptors (Lipinski definition) is 9. The molecule has 10 nitrogen and oxygen atoms in total. The lowest BCUT2D eigenvalue weighted by molar-refractivity contribution is -1.92. The minimum atomic E-state index is -4.69. The largest absolute Gasteiger partial charge is 0.493 e. The molecule has 1 heterocycles. The maximum absolute atomic E-state index is 10.9. The van der Waals surface area contributed by atoms with E-state index in [0.717, 1.165) is 16.5 Å². The van der Waals surface area contributed by atoms with Crippen LogP contribution in [-0.2, 0) is 4.79 Å². The molecule has 0 unspecified atom stereocenters. The number of rotatable bonds is 5. The van der Waals surface area contributed by atoms with Crippen LogP contribution in [0, 0.1) is 17.2 Å². The fourth-order valence-electron chi connectivity index (χ4n) is 2.70. The van der Waals surface area contributed by atoms with Crippen LogP contribution < -0.4 is 28.8 Å². The number of ether oxygens (including phenoxy) is 2. The molecule has 0 aliphatic carbocycles. The summed E-state index contributed by atoms with van der Waals surface area (Å²) < 4.78 is 49.3. The van der Waals surface area contributed by atoms with Crippen molar-refractivity contribution in [2.24, 2.45) is 4.99 Å². The molecule has 1 aromatic heterocycles. The van der Waals surface area contributed by atoms with Crippen molar-refractivity contribution in [3.8, 4) is 22.8 Å². The lowest BCUT2D eigenvalue weighted by Crippen LogP contribution is -2.58. The molecule has 0 saturated heterocycles. The second-order valence-corrected chi connectivity index (χ2v) is 6.96. The molecule has 0 aliphatic rings. The van der Waals surface area contributed by atoms with Crippen LogP contribution in [0.1, 0.15) is 5.56 Å². The molecule has 166 valence electrons. The first-order valence-corrected chi connectivity index (χ1v) is 9.90. The molecular weight excluding hydrogens is 434 g/mol. The van der Waals surface area contributed by atoms with E-state index in [1.54, 1.807) is 32.4 Å². The molecule has 2 aromatic carbocycles. The summed E-state index contributed by atoms with van der Waals surface area (Å²) in [5.41, 5.74) is 2.45. The summed E-state index contributed by atoms with van der Waals surface area (Å²) in [6.45, 7) is 1.65. The van der Waals surface area contributed by atoms with Crippen molar-refractivity contribution in [2.75, 3.05) is 20.8 Å². The number of benzene rings is 2. The Morgan fingerprint density at radius 2 is 1.71 bits per heavy atom. The molecule has 2 N–H and O–H groups in total. The van der Waals surface area contributed by atoms with Crippen molar-refractivity contribution in [3.05, 3.63) is 53.4 Å². The van der Waals surface area contributed by atoms with Crippen LogP contribution in [0.3, 0.4) is 0 Å². The predicted molar refractivity (Wildman–Crippen MR) is 99.8 cm³/mol. The van der Waals surface area contributed by atoms with E-state index in [1.807, 2.05) is 31.2 Å². The van der Waals surface area contributed by atoms with Gasteiger partial charge in [0, 0.05) is 17.0 Å². The maximum atomic E-state index is 10.9. The Bertz CT molecular complexity index is 1130. The van der Waals surface area contributed by atoms with Crippen LogP contribution in [0.15, 0.2) is 51.9 Å². The Morgan fingerprint density at radius 3 is 2.29 bits per heavy atom. The van der Waals surface area contributed by atoms with Gasteiger partial charge in [0.15, 0.2) is 11.5 Å². The topological polar surface area (TPSA) is 171 Å². The first kappa shape index (κ1) is 24.1. The Hall–Kier alpha value is -3.15. The minimum absolute atomic E-state index is 0.307. The monoisotopic (exact) mass is 453 g/mol. The van der Waals surface area contributed by atoms with Crippen molar-refractivity contribution in [1.29, 1.82) is 0 Å². The van der Waals surface area contributed by atoms with Crippen molar-refractivity contribution in [3.63, 3.8) is 0 Å². The third kappa shape index (κ3) is 7.24. The van der Waals surface area contributed by atoms with E-state index in [1.165, 1.54) is 0 Å². The quantitative estimate of drug-likeness (QED) is 0.506. The normalized spacial score (nSPS) is 11.6. The number of aliphatic carboxylic acids is 1. The third-order valence-corrected chi connectivity index (χ3v) is 3.95. The predicted octanol–water partition coefficient (Wildman–Crippen LogP) is -0.713. The van der Waals surface area contributed by atoms with E-state index in [0.29, 0.717) is 28.2 Å². The molecule has 0 atom stereocenters. The number of carbonyl (C=O) groups is 1. The van der Waals surface area contributed by atoms with Crippen LogP contribution in [0.5, 0.6) is 11.5 Å². The summed E-state index contributed by atoms with van der Waals surface area (Å²) in [5.74, 6) is 0.766. The van der Waals surface area contributed by atoms with Gasteiger partial charge in [0.25, 0.3) is 0 Å². The van der Waals surface area contributed by atoms with E-state index in [9.17, 15) is 4.79 Å². The van der Waals surface area contributed by atoms with E-state index in [2.05, 4.69) is 4.99 Å². The molecule has 0 radical (unpaired) electrons. The van der Waals surface area contributed by atoms with Gasteiger partial charge >= 0.3 is 5.97 Å². The van der Waals surface area contributed by atoms with Gasteiger partial charge < -0.3 is 19.0 Å². The highest BCUT2D eigenvalue weighted by atomic mass is 35.7. The van der Waals surface area contributed by atoms with Crippen LogP contribution in [-0.4, -0.2) is 36.5 Å². The molecule has 31 heavy (non-hydrogen) atoms. The molecule has 0 spiro atoms. The van der Waals surface area contributed by atoms with E-state index < -0.39 is 16.2 Å². The number of nitrogens with zero attached hydrogens (tertiary/aromatic N) is 1. The van der Waals surface area contributed by atoms with Gasteiger partial charge in [0.05, 0.1) is 34.5 Å². The Balaban J connectivity index is 0.000000614. The summed E-state index contributed by atoms with van der Waals surface area (Å²) in [7, 11) is -1.56. The molecule has 0 amide bonds. The number of methoxy groups -OCH3 is 2. The third-order valence-electron chi connectivity index (χ3n) is 3.95. The first-order valence-electron chi connectivity index (χ1n) is 8.64. The second kappa shape index (κ2) is 10.2. The van der Waals surface area contributed by atoms with Crippen molar-refractivity contribution < 1.29 is 52.7 Å². The molecular formula is C20H20ClNO9. The standard InChI is InChI=1S/C20H19NO5.ClHO4/c1-12-4-6-16-14(8-12)15(21-11-20(22)23)10-18(26-16)13-5-7-17(24-2)19(9-13)25-3;2-1(3,4)5/h4-10H,11H2,1-3H3,(H,22,23);(H,2,3,4,5). The zero-order valence-electron chi connectivity index (χ0n) is 16.8. The average molecular weight is 454 g/mol. The number of fused-ring (bicyclic) bond motifs is 1. The zero-order chi connectivity index (χ0) is 23.2. The molecule has 0 saturated carbocycles. The molecule has 3 aromatic rings. The highest BCUT2D eigenvalue weighted by Gasteiger charge is 2.10. The Labute approximate surface area is 179 Å². The minimum Gasteiger partial charge on any atom is -0.493 e. The number of carboxylic acids is 1. The molecule has 11 heteroatoms. The van der Waals surface area contributed by atoms with Gasteiger partial charge in [-0.25, -0.2) is 0 Å². The SMILES string of the molecule is COc1ccc(-c2cc(=NCC(=O)O)c3cc(C)ccc3o2)cc1OC.[O-][Cl+3]([O-])([O-])O. The Morgan fingerprint density at radius 1 is 1.06 bits per heavy atom. The van der Waals surface area contributed by atoms with Crippen LogP contribution in [0.2, 0.25) is 0 Å². The smallest absolute Gasteiger partial charge is 0.325 e. The molecule has 0 aliphatic heterocycles. The van der Waals surface area contributed by atoms with E-state index in [4.69, 9.17) is 37.6 Å². The van der Waals surface area contributed by atoms with Gasteiger partial charge in [-0.05, 0) is 37.3 Å². The van der Waals surface area contributed by atoms with Gasteiger partial charge in [-0.15, -0.1) is 0 Å². The summed E-state index contributed by atoms with van der Waals surface area (Å²) in [6.07, 6.45) is 0. The fourth-order valence-corrected chi connectivity index (χ4v) is 2.70. The maximum Gasteiger partial charge on any atom is 0.325 e. The second-order valence-electron chi connectivity index (χ2n) is 6.17. The Kier molecular flexibility index (Phi) is 7.97. The number of carboxylic acid groups (broad SMARTS) is 1. The lowest BCUT2D eigenvalue weighted by Gasteiger charge is -2.10. The fraction of sp³-hybridized carbons (Fsp3) is 0.200. The highest BCUT2D eigenvalue weighted by molar-refractivity contribution is 5.80. The molecule has 0 bridgehead atoms. The summed E-state index contributed by atoms with van der Waals surface area (Å²) in [6, 6.07) is 12.9. The van der Waals surface area contributed by atoms with Gasteiger partial charge in [-0.3, -0.25) is 9.79 Å². The highest BCUT2D eigenvalue weighted by Crippen LogP contribution is 2.32. The van der Waals surface area contributed by atoms with Gasteiger partial charge in [-0.2, -0.15) is 14.0 Å². The van der Waals surface area contributed by atoms with Crippen LogP contribution in [0.4, 0.5) is 0 Å². The summed E-state index contributed by atoms with van der Waals surface area (Å²) in [5, 5.41) is 10.3. The first-order chi connectivity index (χ1) is 14.5. The van der Waals surface area contributed by atoms with Crippen molar-refractivity contribution in [2.45, 2.75) is 6.92 Å². The summed E-state index contributed by atoms with van der Waals surface area (Å²) >= 11 is 0. The van der Waals surface area contributed by atoms with Crippen LogP contribution >= 0.6 is 0 Å². The molecule has 0 fully saturated rings. The van der Waals surface area contributed by atoms with Gasteiger partial charge in [-0.1, -0.05) is 11.6 Å². The van der Waals surface area contributed by atoms with Crippen LogP contribution in [0.25, 0.3) is 22.3 Å². The number of aryl methyl sites for hydroxylation is 1. The average Bonchev–Trinajstić information content (AvgIpc) is 2.70. The molecule has 3 rings (SSSR count). The van der Waals surface area contributed by atoms with Gasteiger partial charge in [0.2, 0.25) is 0 Å². The van der Waals surface area contributed by atoms with Crippen molar-refractivity contribution in [1.82, 2.24) is 0 Å². The summed E-state index contributed by atoms with van der Waals surface area (Å²) in [4.78, 5) is 15.2. The lowest BCUT2D eigenvalue weighted by atomic mass is 10.1. The number of halogens is 1. The van der Waals surface area contributed by atoms with E-state index in [-0.39, 0.29) is 6.54 Å². The number of hydrogen-bond donors (Lipinski definition) is 2. The van der Waals surface area contributed by atoms with Gasteiger partial charge in [0.1, 0.15) is 17.9 Å². The zero-order valence-corrected chi connectivity index (χ0v) is 17.6. The van der Waals surface area contributed by atoms with Crippen molar-refractivity contribution >= 4 is 16.9 Å². The van der Waals surface area contributed by atoms with E-state index >= 15 is 0 Å².